The highest BCUT2D eigenvalue weighted by atomic mass is 35.5. The molecule has 1 heterocycles. The van der Waals surface area contributed by atoms with Crippen molar-refractivity contribution < 1.29 is 4.52 Å². The fraction of sp³-hybridized carbons (Fsp3) is 0.333. The maximum atomic E-state index is 5.95. The third-order valence-electron chi connectivity index (χ3n) is 2.38. The summed E-state index contributed by atoms with van der Waals surface area (Å²) in [7, 11) is 0. The van der Waals surface area contributed by atoms with Gasteiger partial charge in [0.05, 0.1) is 22.0 Å². The Labute approximate surface area is 120 Å². The SMILES string of the molecule is CC(C)(N)c1noc(CSc2ccc(N)c(Cl)c2)n1. The molecular weight excluding hydrogens is 284 g/mol. The first-order valence-electron chi connectivity index (χ1n) is 5.66. The van der Waals surface area contributed by atoms with Gasteiger partial charge in [0, 0.05) is 4.90 Å². The quantitative estimate of drug-likeness (QED) is 0.666. The first kappa shape index (κ1) is 14.2. The molecule has 0 spiro atoms. The summed E-state index contributed by atoms with van der Waals surface area (Å²) in [4.78, 5) is 5.25. The molecule has 2 aromatic rings. The molecule has 5 nitrogen and oxygen atoms in total. The molecule has 4 N–H and O–H groups in total. The zero-order valence-electron chi connectivity index (χ0n) is 10.7. The van der Waals surface area contributed by atoms with E-state index in [1.165, 1.54) is 0 Å². The number of nitrogens with zero attached hydrogens (tertiary/aromatic N) is 2. The molecule has 0 fully saturated rings. The predicted molar refractivity (Wildman–Crippen MR) is 76.9 cm³/mol. The first-order valence-corrected chi connectivity index (χ1v) is 7.02. The van der Waals surface area contributed by atoms with Crippen LogP contribution in [-0.2, 0) is 11.3 Å². The lowest BCUT2D eigenvalue weighted by Crippen LogP contribution is -2.30. The van der Waals surface area contributed by atoms with Crippen LogP contribution in [0, 0.1) is 0 Å². The Morgan fingerprint density at radius 2 is 2.16 bits per heavy atom. The van der Waals surface area contributed by atoms with Gasteiger partial charge in [-0.15, -0.1) is 11.8 Å². The van der Waals surface area contributed by atoms with Crippen molar-refractivity contribution >= 4 is 29.1 Å². The molecule has 0 saturated carbocycles. The van der Waals surface area contributed by atoms with Crippen LogP contribution < -0.4 is 11.5 Å². The molecule has 7 heteroatoms. The maximum absolute atomic E-state index is 5.95. The summed E-state index contributed by atoms with van der Waals surface area (Å²) in [6.07, 6.45) is 0. The Hall–Kier alpha value is -1.24. The molecule has 0 aliphatic rings. The topological polar surface area (TPSA) is 91.0 Å². The van der Waals surface area contributed by atoms with E-state index in [1.54, 1.807) is 17.8 Å². The van der Waals surface area contributed by atoms with Gasteiger partial charge in [0.15, 0.2) is 5.82 Å². The largest absolute Gasteiger partial charge is 0.398 e. The third-order valence-corrected chi connectivity index (χ3v) is 3.68. The van der Waals surface area contributed by atoms with Crippen LogP contribution in [-0.4, -0.2) is 10.1 Å². The smallest absolute Gasteiger partial charge is 0.237 e. The van der Waals surface area contributed by atoms with Gasteiger partial charge in [0.2, 0.25) is 5.89 Å². The molecule has 0 aliphatic carbocycles. The van der Waals surface area contributed by atoms with Gasteiger partial charge >= 0.3 is 0 Å². The van der Waals surface area contributed by atoms with Crippen molar-refractivity contribution in [1.29, 1.82) is 0 Å². The number of nitrogen functional groups attached to an aromatic ring is 1. The van der Waals surface area contributed by atoms with Crippen molar-refractivity contribution in [2.45, 2.75) is 30.0 Å². The lowest BCUT2D eigenvalue weighted by atomic mass is 10.1. The second-order valence-electron chi connectivity index (χ2n) is 4.71. The second-order valence-corrected chi connectivity index (χ2v) is 6.16. The molecule has 102 valence electrons. The summed E-state index contributed by atoms with van der Waals surface area (Å²) >= 11 is 7.50. The summed E-state index contributed by atoms with van der Waals surface area (Å²) in [6.45, 7) is 3.66. The summed E-state index contributed by atoms with van der Waals surface area (Å²) in [5.41, 5.74) is 11.5. The molecular formula is C12H15ClN4OS. The van der Waals surface area contributed by atoms with Crippen LogP contribution in [0.15, 0.2) is 27.6 Å². The van der Waals surface area contributed by atoms with E-state index in [2.05, 4.69) is 10.1 Å². The van der Waals surface area contributed by atoms with Crippen LogP contribution in [0.3, 0.4) is 0 Å². The van der Waals surface area contributed by atoms with E-state index in [1.807, 2.05) is 26.0 Å². The summed E-state index contributed by atoms with van der Waals surface area (Å²) < 4.78 is 5.15. The Morgan fingerprint density at radius 3 is 2.74 bits per heavy atom. The van der Waals surface area contributed by atoms with Crippen molar-refractivity contribution in [3.8, 4) is 0 Å². The van der Waals surface area contributed by atoms with E-state index in [0.717, 1.165) is 4.90 Å². The molecule has 0 radical (unpaired) electrons. The van der Waals surface area contributed by atoms with Gasteiger partial charge in [-0.1, -0.05) is 16.8 Å². The van der Waals surface area contributed by atoms with Crippen molar-refractivity contribution in [1.82, 2.24) is 10.1 Å². The van der Waals surface area contributed by atoms with E-state index >= 15 is 0 Å². The van der Waals surface area contributed by atoms with Gasteiger partial charge in [-0.25, -0.2) is 0 Å². The number of thioether (sulfide) groups is 1. The molecule has 0 amide bonds. The number of hydrogen-bond donors (Lipinski definition) is 2. The van der Waals surface area contributed by atoms with Gasteiger partial charge in [0.25, 0.3) is 0 Å². The molecule has 19 heavy (non-hydrogen) atoms. The minimum atomic E-state index is -0.600. The van der Waals surface area contributed by atoms with E-state index in [-0.39, 0.29) is 0 Å². The highest BCUT2D eigenvalue weighted by Gasteiger charge is 2.21. The van der Waals surface area contributed by atoms with Crippen LogP contribution in [0.25, 0.3) is 0 Å². The number of halogens is 1. The normalized spacial score (nSPS) is 11.8. The molecule has 0 atom stereocenters. The Morgan fingerprint density at radius 1 is 1.42 bits per heavy atom. The van der Waals surface area contributed by atoms with Gasteiger partial charge in [-0.05, 0) is 32.0 Å². The lowest BCUT2D eigenvalue weighted by molar-refractivity contribution is 0.370. The standard InChI is InChI=1S/C12H15ClN4OS/c1-12(2,15)11-16-10(18-17-11)6-19-7-3-4-9(14)8(13)5-7/h3-5H,6,14-15H2,1-2H3. The molecule has 0 aliphatic heterocycles. The molecule has 1 aromatic heterocycles. The number of hydrogen-bond acceptors (Lipinski definition) is 6. The van der Waals surface area contributed by atoms with Crippen molar-refractivity contribution in [3.05, 3.63) is 34.9 Å². The van der Waals surface area contributed by atoms with Crippen LogP contribution >= 0.6 is 23.4 Å². The highest BCUT2D eigenvalue weighted by molar-refractivity contribution is 7.98. The molecule has 0 bridgehead atoms. The van der Waals surface area contributed by atoms with Gasteiger partial charge < -0.3 is 16.0 Å². The van der Waals surface area contributed by atoms with Crippen LogP contribution in [0.4, 0.5) is 5.69 Å². The molecule has 0 saturated heterocycles. The number of anilines is 1. The van der Waals surface area contributed by atoms with E-state index in [9.17, 15) is 0 Å². The zero-order chi connectivity index (χ0) is 14.0. The summed E-state index contributed by atoms with van der Waals surface area (Å²) in [5, 5.41) is 4.40. The average molecular weight is 299 g/mol. The molecule has 0 unspecified atom stereocenters. The first-order chi connectivity index (χ1) is 8.86. The minimum Gasteiger partial charge on any atom is -0.398 e. The average Bonchev–Trinajstić information content (AvgIpc) is 2.79. The van der Waals surface area contributed by atoms with E-state index < -0.39 is 5.54 Å². The maximum Gasteiger partial charge on any atom is 0.237 e. The van der Waals surface area contributed by atoms with Crippen molar-refractivity contribution in [3.63, 3.8) is 0 Å². The second kappa shape index (κ2) is 5.40. The highest BCUT2D eigenvalue weighted by Crippen LogP contribution is 2.28. The summed E-state index contributed by atoms with van der Waals surface area (Å²) in [5.74, 6) is 1.59. The van der Waals surface area contributed by atoms with Crippen LogP contribution in [0.1, 0.15) is 25.6 Å². The third kappa shape index (κ3) is 3.62. The van der Waals surface area contributed by atoms with Crippen LogP contribution in [0.2, 0.25) is 5.02 Å². The Bertz CT molecular complexity index is 579. The van der Waals surface area contributed by atoms with Gasteiger partial charge in [-0.3, -0.25) is 0 Å². The van der Waals surface area contributed by atoms with Gasteiger partial charge in [-0.2, -0.15) is 4.98 Å². The fourth-order valence-corrected chi connectivity index (χ4v) is 2.34. The monoisotopic (exact) mass is 298 g/mol. The lowest BCUT2D eigenvalue weighted by Gasteiger charge is -2.11. The molecule has 1 aromatic carbocycles. The Balaban J connectivity index is 2.02. The fourth-order valence-electron chi connectivity index (χ4n) is 1.32. The number of rotatable bonds is 4. The van der Waals surface area contributed by atoms with Crippen molar-refractivity contribution in [2.75, 3.05) is 5.73 Å². The zero-order valence-corrected chi connectivity index (χ0v) is 12.3. The Kier molecular flexibility index (Phi) is 4.03. The van der Waals surface area contributed by atoms with Gasteiger partial charge in [0.1, 0.15) is 0 Å². The van der Waals surface area contributed by atoms with Crippen molar-refractivity contribution in [2.24, 2.45) is 5.73 Å². The molecule has 2 rings (SSSR count). The summed E-state index contributed by atoms with van der Waals surface area (Å²) in [6, 6.07) is 5.48. The van der Waals surface area contributed by atoms with E-state index in [0.29, 0.717) is 28.2 Å². The van der Waals surface area contributed by atoms with Crippen LogP contribution in [0.5, 0.6) is 0 Å². The number of nitrogens with two attached hydrogens (primary N) is 2. The predicted octanol–water partition coefficient (Wildman–Crippen LogP) is 2.79. The number of aromatic nitrogens is 2. The minimum absolute atomic E-state index is 0.499. The van der Waals surface area contributed by atoms with E-state index in [4.69, 9.17) is 27.6 Å². The number of benzene rings is 1.